The average Bonchev–Trinajstić information content (AvgIpc) is 2.54. The van der Waals surface area contributed by atoms with Crippen molar-refractivity contribution >= 4 is 49.6 Å². The average molecular weight is 394 g/mol. The number of aromatic nitrogens is 1. The van der Waals surface area contributed by atoms with Crippen LogP contribution in [0.1, 0.15) is 10.4 Å². The second-order valence-electron chi connectivity index (χ2n) is 5.62. The van der Waals surface area contributed by atoms with Gasteiger partial charge in [0.2, 0.25) is 0 Å². The first-order valence-electron chi connectivity index (χ1n) is 7.31. The monoisotopic (exact) mass is 393 g/mol. The largest absolute Gasteiger partial charge is 0.365 e. The Kier molecular flexibility index (Phi) is 4.55. The molecule has 1 heterocycles. The minimum Gasteiger partial charge on any atom is -0.365 e. The molecule has 0 aliphatic carbocycles. The summed E-state index contributed by atoms with van der Waals surface area (Å²) in [4.78, 5) is 15.9. The molecule has 6 nitrogen and oxygen atoms in total. The zero-order valence-corrected chi connectivity index (χ0v) is 15.0. The van der Waals surface area contributed by atoms with Crippen LogP contribution in [0.25, 0.3) is 10.9 Å². The number of hydrogen-bond donors (Lipinski definition) is 2. The minimum absolute atomic E-state index is 0.0171. The maximum atomic E-state index is 13.5. The van der Waals surface area contributed by atoms with Gasteiger partial charge in [0, 0.05) is 23.5 Å². The maximum Gasteiger partial charge on any atom is 0.252 e. The molecule has 3 rings (SSSR count). The molecule has 2 aromatic carbocycles. The third-order valence-electron chi connectivity index (χ3n) is 3.69. The summed E-state index contributed by atoms with van der Waals surface area (Å²) in [6.45, 7) is 0. The predicted molar refractivity (Wildman–Crippen MR) is 98.1 cm³/mol. The van der Waals surface area contributed by atoms with Gasteiger partial charge in [-0.25, -0.2) is 12.8 Å². The first kappa shape index (κ1) is 18.1. The van der Waals surface area contributed by atoms with Gasteiger partial charge in [-0.3, -0.25) is 9.78 Å². The number of anilines is 2. The van der Waals surface area contributed by atoms with Crippen LogP contribution < -0.4 is 11.1 Å². The second kappa shape index (κ2) is 6.54. The molecule has 26 heavy (non-hydrogen) atoms. The maximum absolute atomic E-state index is 13.5. The molecular formula is C17H13ClFN3O3S. The Bertz CT molecular complexity index is 1150. The number of primary amides is 1. The SMILES string of the molecule is CS(=O)(=O)c1cc(Cl)c2ncc(C(N)=O)c(Nc3cccc(F)c3)c2c1. The summed E-state index contributed by atoms with van der Waals surface area (Å²) in [6.07, 6.45) is 2.27. The molecular weight excluding hydrogens is 381 g/mol. The van der Waals surface area contributed by atoms with Crippen molar-refractivity contribution in [1.82, 2.24) is 4.98 Å². The smallest absolute Gasteiger partial charge is 0.252 e. The van der Waals surface area contributed by atoms with Crippen LogP contribution in [-0.4, -0.2) is 25.6 Å². The molecule has 9 heteroatoms. The van der Waals surface area contributed by atoms with Gasteiger partial charge in [0.05, 0.1) is 26.7 Å². The topological polar surface area (TPSA) is 102 Å². The van der Waals surface area contributed by atoms with E-state index in [1.807, 2.05) is 0 Å². The molecule has 0 aliphatic heterocycles. The van der Waals surface area contributed by atoms with Crippen LogP contribution >= 0.6 is 11.6 Å². The van der Waals surface area contributed by atoms with E-state index < -0.39 is 21.6 Å². The van der Waals surface area contributed by atoms with E-state index in [2.05, 4.69) is 10.3 Å². The molecule has 1 aromatic heterocycles. The van der Waals surface area contributed by atoms with Gasteiger partial charge in [-0.2, -0.15) is 0 Å². The lowest BCUT2D eigenvalue weighted by atomic mass is 10.1. The van der Waals surface area contributed by atoms with E-state index in [1.54, 1.807) is 6.07 Å². The molecule has 0 unspecified atom stereocenters. The van der Waals surface area contributed by atoms with Gasteiger partial charge in [0.25, 0.3) is 5.91 Å². The lowest BCUT2D eigenvalue weighted by Gasteiger charge is -2.14. The highest BCUT2D eigenvalue weighted by Gasteiger charge is 2.19. The number of hydrogen-bond acceptors (Lipinski definition) is 5. The predicted octanol–water partition coefficient (Wildman–Crippen LogP) is 3.27. The van der Waals surface area contributed by atoms with E-state index in [9.17, 15) is 17.6 Å². The lowest BCUT2D eigenvalue weighted by molar-refractivity contribution is 0.100. The number of nitrogens with zero attached hydrogens (tertiary/aromatic N) is 1. The Morgan fingerprint density at radius 2 is 2.00 bits per heavy atom. The fraction of sp³-hybridized carbons (Fsp3) is 0.0588. The number of rotatable bonds is 4. The quantitative estimate of drug-likeness (QED) is 0.708. The van der Waals surface area contributed by atoms with Crippen molar-refractivity contribution in [1.29, 1.82) is 0 Å². The first-order valence-corrected chi connectivity index (χ1v) is 9.58. The molecule has 0 radical (unpaired) electrons. The molecule has 0 saturated heterocycles. The van der Waals surface area contributed by atoms with Crippen molar-refractivity contribution in [3.63, 3.8) is 0 Å². The molecule has 0 fully saturated rings. The number of nitrogens with two attached hydrogens (primary N) is 1. The Labute approximate surface area is 153 Å². The van der Waals surface area contributed by atoms with Gasteiger partial charge in [-0.1, -0.05) is 17.7 Å². The van der Waals surface area contributed by atoms with Crippen molar-refractivity contribution < 1.29 is 17.6 Å². The summed E-state index contributed by atoms with van der Waals surface area (Å²) in [5.41, 5.74) is 6.25. The number of carbonyl (C=O) groups is 1. The van der Waals surface area contributed by atoms with Gasteiger partial charge in [0.1, 0.15) is 5.82 Å². The Hall–Kier alpha value is -2.71. The van der Waals surface area contributed by atoms with Crippen molar-refractivity contribution in [2.45, 2.75) is 4.90 Å². The van der Waals surface area contributed by atoms with Crippen molar-refractivity contribution in [3.05, 3.63) is 59.0 Å². The van der Waals surface area contributed by atoms with E-state index >= 15 is 0 Å². The van der Waals surface area contributed by atoms with Crippen LogP contribution in [0.5, 0.6) is 0 Å². The standard InChI is InChI=1S/C17H13ClFN3O3S/c1-26(24,25)11-6-12-15(22-10-4-2-3-9(19)5-10)13(17(20)23)8-21-16(12)14(18)7-11/h2-8H,1H3,(H2,20,23)(H,21,22). The molecule has 0 atom stereocenters. The number of nitrogens with one attached hydrogen (secondary N) is 1. The second-order valence-corrected chi connectivity index (χ2v) is 8.04. The van der Waals surface area contributed by atoms with Gasteiger partial charge < -0.3 is 11.1 Å². The van der Waals surface area contributed by atoms with Crippen molar-refractivity contribution in [3.8, 4) is 0 Å². The molecule has 3 aromatic rings. The normalized spacial score (nSPS) is 11.5. The number of fused-ring (bicyclic) bond motifs is 1. The summed E-state index contributed by atoms with van der Waals surface area (Å²) in [6, 6.07) is 8.18. The van der Waals surface area contributed by atoms with Crippen LogP contribution in [0.4, 0.5) is 15.8 Å². The lowest BCUT2D eigenvalue weighted by Crippen LogP contribution is -2.14. The van der Waals surface area contributed by atoms with Gasteiger partial charge in [-0.05, 0) is 30.3 Å². The number of halogens is 2. The molecule has 1 amide bonds. The van der Waals surface area contributed by atoms with Gasteiger partial charge >= 0.3 is 0 Å². The Morgan fingerprint density at radius 1 is 1.27 bits per heavy atom. The van der Waals surface area contributed by atoms with E-state index in [1.165, 1.54) is 36.5 Å². The van der Waals surface area contributed by atoms with Crippen LogP contribution in [0.15, 0.2) is 47.5 Å². The summed E-state index contributed by atoms with van der Waals surface area (Å²) in [5, 5.41) is 3.28. The van der Waals surface area contributed by atoms with E-state index in [4.69, 9.17) is 17.3 Å². The van der Waals surface area contributed by atoms with Crippen LogP contribution in [-0.2, 0) is 9.84 Å². The molecule has 0 bridgehead atoms. The third-order valence-corrected chi connectivity index (χ3v) is 5.07. The number of pyridine rings is 1. The molecule has 3 N–H and O–H groups in total. The summed E-state index contributed by atoms with van der Waals surface area (Å²) >= 11 is 6.17. The fourth-order valence-corrected chi connectivity index (χ4v) is 3.48. The third kappa shape index (κ3) is 3.47. The summed E-state index contributed by atoms with van der Waals surface area (Å²) in [7, 11) is -3.56. The molecule has 134 valence electrons. The highest BCUT2D eigenvalue weighted by Crippen LogP contribution is 2.34. The minimum atomic E-state index is -3.56. The van der Waals surface area contributed by atoms with Gasteiger partial charge in [0.15, 0.2) is 9.84 Å². The van der Waals surface area contributed by atoms with Crippen LogP contribution in [0, 0.1) is 5.82 Å². The zero-order chi connectivity index (χ0) is 19.1. The number of amides is 1. The Balaban J connectivity index is 2.34. The highest BCUT2D eigenvalue weighted by atomic mass is 35.5. The molecule has 0 aliphatic rings. The van der Waals surface area contributed by atoms with E-state index in [-0.39, 0.29) is 32.1 Å². The van der Waals surface area contributed by atoms with Crippen LogP contribution in [0.2, 0.25) is 5.02 Å². The summed E-state index contributed by atoms with van der Waals surface area (Å²) < 4.78 is 37.3. The first-order chi connectivity index (χ1) is 12.2. The Morgan fingerprint density at radius 3 is 2.62 bits per heavy atom. The number of sulfone groups is 1. The van der Waals surface area contributed by atoms with Crippen LogP contribution in [0.3, 0.4) is 0 Å². The van der Waals surface area contributed by atoms with Gasteiger partial charge in [-0.15, -0.1) is 0 Å². The van der Waals surface area contributed by atoms with Crippen molar-refractivity contribution in [2.24, 2.45) is 5.73 Å². The molecule has 0 saturated carbocycles. The van der Waals surface area contributed by atoms with E-state index in [0.717, 1.165) is 6.26 Å². The number of benzene rings is 2. The van der Waals surface area contributed by atoms with Crippen molar-refractivity contribution in [2.75, 3.05) is 11.6 Å². The number of carbonyl (C=O) groups excluding carboxylic acids is 1. The molecule has 0 spiro atoms. The van der Waals surface area contributed by atoms with E-state index in [0.29, 0.717) is 5.69 Å². The highest BCUT2D eigenvalue weighted by molar-refractivity contribution is 7.90. The summed E-state index contributed by atoms with van der Waals surface area (Å²) in [5.74, 6) is -1.26. The fourth-order valence-electron chi connectivity index (χ4n) is 2.48. The zero-order valence-electron chi connectivity index (χ0n) is 13.5.